The van der Waals surface area contributed by atoms with E-state index in [1.807, 2.05) is 97.1 Å². The molecule has 0 bridgehead atoms. The van der Waals surface area contributed by atoms with Gasteiger partial charge in [-0.1, -0.05) is 218 Å². The van der Waals surface area contributed by atoms with E-state index in [2.05, 4.69) is 127 Å². The second kappa shape index (κ2) is 16.4. The first-order valence-electron chi connectivity index (χ1n) is 20.1. The number of hydrogen-bond donors (Lipinski definition) is 1. The van der Waals surface area contributed by atoms with Crippen LogP contribution in [-0.4, -0.2) is 26.6 Å². The Morgan fingerprint density at radius 2 is 0.733 bits per heavy atom. The highest BCUT2D eigenvalue weighted by Crippen LogP contribution is 2.46. The summed E-state index contributed by atoms with van der Waals surface area (Å²) in [6, 6.07) is 74.8. The van der Waals surface area contributed by atoms with Gasteiger partial charge in [-0.15, -0.1) is 0 Å². The van der Waals surface area contributed by atoms with Crippen molar-refractivity contribution in [3.63, 3.8) is 0 Å². The number of nitrogens with zero attached hydrogens (tertiary/aromatic N) is 5. The molecule has 6 heteroatoms. The zero-order chi connectivity index (χ0) is 40.1. The minimum atomic E-state index is -0.458. The topological polar surface area (TPSA) is 75.4 Å². The SMILES string of the molecule is c1ccc(C2=NC(c3ccc(-c4ccccc4-c4nc(-c5ccccc5)nc(-c5ccccc5)n4)c(-c4ccccc4)c3-c3ccccc3)NC(c3ccccc3)=N2)cc1. The molecular formula is C54H38N6. The fourth-order valence-electron chi connectivity index (χ4n) is 7.80. The normalized spacial score (nSPS) is 13.5. The van der Waals surface area contributed by atoms with Crippen LogP contribution in [0.25, 0.3) is 67.5 Å². The maximum absolute atomic E-state index is 5.35. The summed E-state index contributed by atoms with van der Waals surface area (Å²) < 4.78 is 0. The van der Waals surface area contributed by atoms with Crippen LogP contribution in [0.15, 0.2) is 228 Å². The van der Waals surface area contributed by atoms with Crippen molar-refractivity contribution >= 4 is 11.7 Å². The number of aromatic nitrogens is 3. The molecule has 1 aromatic heterocycles. The predicted molar refractivity (Wildman–Crippen MR) is 244 cm³/mol. The van der Waals surface area contributed by atoms with Crippen LogP contribution in [0.2, 0.25) is 0 Å². The summed E-state index contributed by atoms with van der Waals surface area (Å²) in [5.74, 6) is 3.26. The van der Waals surface area contributed by atoms with Gasteiger partial charge in [0, 0.05) is 33.4 Å². The summed E-state index contributed by atoms with van der Waals surface area (Å²) in [5.41, 5.74) is 12.1. The number of hydrogen-bond acceptors (Lipinski definition) is 6. The van der Waals surface area contributed by atoms with Crippen molar-refractivity contribution in [3.05, 3.63) is 235 Å². The van der Waals surface area contributed by atoms with E-state index in [0.29, 0.717) is 23.3 Å². The quantitative estimate of drug-likeness (QED) is 0.159. The highest BCUT2D eigenvalue weighted by molar-refractivity contribution is 6.13. The Morgan fingerprint density at radius 3 is 1.27 bits per heavy atom. The minimum Gasteiger partial charge on any atom is -0.344 e. The summed E-state index contributed by atoms with van der Waals surface area (Å²) in [4.78, 5) is 25.8. The summed E-state index contributed by atoms with van der Waals surface area (Å²) in [5, 5.41) is 3.75. The number of amidine groups is 2. The molecule has 8 aromatic carbocycles. The first kappa shape index (κ1) is 36.3. The zero-order valence-electron chi connectivity index (χ0n) is 32.6. The van der Waals surface area contributed by atoms with E-state index in [-0.39, 0.29) is 0 Å². The number of aliphatic imine (C=N–C) groups is 2. The van der Waals surface area contributed by atoms with Crippen LogP contribution < -0.4 is 5.32 Å². The van der Waals surface area contributed by atoms with Crippen LogP contribution in [0.4, 0.5) is 0 Å². The van der Waals surface area contributed by atoms with Crippen LogP contribution in [0.5, 0.6) is 0 Å². The molecule has 1 aliphatic rings. The van der Waals surface area contributed by atoms with Gasteiger partial charge in [0.2, 0.25) is 0 Å². The van der Waals surface area contributed by atoms with Crippen molar-refractivity contribution in [1.82, 2.24) is 20.3 Å². The fraction of sp³-hybridized carbons (Fsp3) is 0.0185. The Balaban J connectivity index is 1.22. The molecular weight excluding hydrogens is 733 g/mol. The molecule has 1 N–H and O–H groups in total. The van der Waals surface area contributed by atoms with Gasteiger partial charge in [-0.25, -0.2) is 24.9 Å². The van der Waals surface area contributed by atoms with Gasteiger partial charge >= 0.3 is 0 Å². The molecule has 2 heterocycles. The van der Waals surface area contributed by atoms with Crippen molar-refractivity contribution in [1.29, 1.82) is 0 Å². The van der Waals surface area contributed by atoms with E-state index in [9.17, 15) is 0 Å². The fourth-order valence-corrected chi connectivity index (χ4v) is 7.80. The average Bonchev–Trinajstić information content (AvgIpc) is 3.35. The molecule has 284 valence electrons. The lowest BCUT2D eigenvalue weighted by Crippen LogP contribution is -2.34. The molecule has 1 unspecified atom stereocenters. The molecule has 0 amide bonds. The molecule has 0 radical (unpaired) electrons. The molecule has 10 rings (SSSR count). The van der Waals surface area contributed by atoms with E-state index in [0.717, 1.165) is 72.6 Å². The Morgan fingerprint density at radius 1 is 0.317 bits per heavy atom. The molecule has 0 saturated carbocycles. The lowest BCUT2D eigenvalue weighted by atomic mass is 9.82. The highest BCUT2D eigenvalue weighted by Gasteiger charge is 2.28. The number of nitrogens with one attached hydrogen (secondary N) is 1. The van der Waals surface area contributed by atoms with Gasteiger partial charge in [0.15, 0.2) is 23.3 Å². The predicted octanol–water partition coefficient (Wildman–Crippen LogP) is 12.4. The van der Waals surface area contributed by atoms with Crippen molar-refractivity contribution in [2.24, 2.45) is 9.98 Å². The first-order valence-corrected chi connectivity index (χ1v) is 20.1. The maximum Gasteiger partial charge on any atom is 0.164 e. The van der Waals surface area contributed by atoms with Crippen LogP contribution in [0.1, 0.15) is 22.9 Å². The lowest BCUT2D eigenvalue weighted by Gasteiger charge is -2.28. The van der Waals surface area contributed by atoms with Crippen molar-refractivity contribution < 1.29 is 0 Å². The second-order valence-corrected chi connectivity index (χ2v) is 14.5. The van der Waals surface area contributed by atoms with E-state index in [1.54, 1.807) is 0 Å². The average molecular weight is 771 g/mol. The molecule has 0 saturated heterocycles. The summed E-state index contributed by atoms with van der Waals surface area (Å²) in [6.45, 7) is 0. The van der Waals surface area contributed by atoms with Gasteiger partial charge in [0.25, 0.3) is 0 Å². The lowest BCUT2D eigenvalue weighted by molar-refractivity contribution is 0.676. The van der Waals surface area contributed by atoms with Crippen LogP contribution >= 0.6 is 0 Å². The molecule has 0 spiro atoms. The van der Waals surface area contributed by atoms with Gasteiger partial charge in [-0.2, -0.15) is 0 Å². The Bertz CT molecular complexity index is 2910. The van der Waals surface area contributed by atoms with Crippen LogP contribution in [0.3, 0.4) is 0 Å². The first-order chi connectivity index (χ1) is 29.8. The standard InChI is InChI=1S/C54H38N6/c1-7-21-37(22-8-1)47-44(43-33-19-20-34-45(43)53-57-49(39-25-11-3-12-26-39)55-50(58-53)40-27-13-4-14-28-40)35-36-46(48(47)38-23-9-2-10-24-38)54-59-51(41-29-15-5-16-30-41)56-52(60-54)42-31-17-6-18-32-42/h1-36,54H,(H,56,59,60). The monoisotopic (exact) mass is 770 g/mol. The van der Waals surface area contributed by atoms with Gasteiger partial charge < -0.3 is 5.32 Å². The third-order valence-electron chi connectivity index (χ3n) is 10.6. The Kier molecular flexibility index (Phi) is 9.92. The van der Waals surface area contributed by atoms with E-state index in [1.165, 1.54) is 0 Å². The van der Waals surface area contributed by atoms with Crippen LogP contribution in [-0.2, 0) is 0 Å². The van der Waals surface area contributed by atoms with E-state index < -0.39 is 6.17 Å². The molecule has 0 aliphatic carbocycles. The smallest absolute Gasteiger partial charge is 0.164 e. The third-order valence-corrected chi connectivity index (χ3v) is 10.6. The number of rotatable bonds is 9. The third kappa shape index (κ3) is 7.30. The molecule has 1 atom stereocenters. The zero-order valence-corrected chi connectivity index (χ0v) is 32.6. The molecule has 9 aromatic rings. The number of benzene rings is 8. The van der Waals surface area contributed by atoms with Gasteiger partial charge in [0.05, 0.1) is 0 Å². The largest absolute Gasteiger partial charge is 0.344 e. The summed E-state index contributed by atoms with van der Waals surface area (Å²) in [6.07, 6.45) is -0.458. The second-order valence-electron chi connectivity index (χ2n) is 14.5. The Labute approximate surface area is 349 Å². The summed E-state index contributed by atoms with van der Waals surface area (Å²) in [7, 11) is 0. The van der Waals surface area contributed by atoms with Crippen molar-refractivity contribution in [2.75, 3.05) is 0 Å². The van der Waals surface area contributed by atoms with E-state index in [4.69, 9.17) is 24.9 Å². The van der Waals surface area contributed by atoms with E-state index >= 15 is 0 Å². The highest BCUT2D eigenvalue weighted by atomic mass is 15.2. The Hall–Kier alpha value is -8.09. The molecule has 6 nitrogen and oxygen atoms in total. The van der Waals surface area contributed by atoms with Gasteiger partial charge in [0.1, 0.15) is 12.0 Å². The van der Waals surface area contributed by atoms with Crippen LogP contribution in [0, 0.1) is 0 Å². The van der Waals surface area contributed by atoms with Gasteiger partial charge in [-0.05, 0) is 33.4 Å². The molecule has 0 fully saturated rings. The van der Waals surface area contributed by atoms with Crippen molar-refractivity contribution in [2.45, 2.75) is 6.17 Å². The minimum absolute atomic E-state index is 0.458. The van der Waals surface area contributed by atoms with Crippen molar-refractivity contribution in [3.8, 4) is 67.5 Å². The summed E-state index contributed by atoms with van der Waals surface area (Å²) >= 11 is 0. The maximum atomic E-state index is 5.35. The van der Waals surface area contributed by atoms with Gasteiger partial charge in [-0.3, -0.25) is 0 Å². The molecule has 60 heavy (non-hydrogen) atoms. The molecule has 1 aliphatic heterocycles.